The fraction of sp³-hybridized carbons (Fsp3) is 0.750. The fourth-order valence-electron chi connectivity index (χ4n) is 3.28. The van der Waals surface area contributed by atoms with Gasteiger partial charge in [-0.1, -0.05) is 26.2 Å². The lowest BCUT2D eigenvalue weighted by atomic mass is 9.80. The van der Waals surface area contributed by atoms with Crippen molar-refractivity contribution in [2.24, 2.45) is 5.92 Å². The lowest BCUT2D eigenvalue weighted by Crippen LogP contribution is -2.17. The van der Waals surface area contributed by atoms with Crippen molar-refractivity contribution >= 4 is 5.82 Å². The molecule has 2 fully saturated rings. The maximum absolute atomic E-state index is 4.88. The van der Waals surface area contributed by atoms with Crippen molar-refractivity contribution in [3.63, 3.8) is 0 Å². The first-order valence-electron chi connectivity index (χ1n) is 7.86. The van der Waals surface area contributed by atoms with Crippen molar-refractivity contribution in [2.75, 3.05) is 12.4 Å². The first-order chi connectivity index (χ1) is 9.30. The zero-order valence-corrected chi connectivity index (χ0v) is 12.2. The molecule has 0 aromatic carbocycles. The van der Waals surface area contributed by atoms with Crippen molar-refractivity contribution in [1.29, 1.82) is 0 Å². The second-order valence-electron chi connectivity index (χ2n) is 6.20. The van der Waals surface area contributed by atoms with Crippen molar-refractivity contribution in [3.05, 3.63) is 17.6 Å². The van der Waals surface area contributed by atoms with Crippen molar-refractivity contribution in [1.82, 2.24) is 9.97 Å². The number of hydrogen-bond donors (Lipinski definition) is 1. The van der Waals surface area contributed by atoms with Gasteiger partial charge in [-0.2, -0.15) is 0 Å². The molecule has 2 aliphatic rings. The van der Waals surface area contributed by atoms with Gasteiger partial charge in [-0.05, 0) is 31.6 Å². The van der Waals surface area contributed by atoms with E-state index in [1.54, 1.807) is 0 Å². The summed E-state index contributed by atoms with van der Waals surface area (Å²) in [7, 11) is 1.96. The number of hydrogen-bond acceptors (Lipinski definition) is 3. The molecule has 1 heterocycles. The highest BCUT2D eigenvalue weighted by molar-refractivity contribution is 5.37. The third-order valence-electron chi connectivity index (χ3n) is 4.74. The van der Waals surface area contributed by atoms with Crippen LogP contribution in [0.15, 0.2) is 6.07 Å². The molecule has 19 heavy (non-hydrogen) atoms. The van der Waals surface area contributed by atoms with Gasteiger partial charge in [0.2, 0.25) is 0 Å². The molecule has 3 heteroatoms. The maximum atomic E-state index is 4.88. The van der Waals surface area contributed by atoms with Gasteiger partial charge in [-0.25, -0.2) is 9.97 Å². The topological polar surface area (TPSA) is 37.8 Å². The molecule has 3 nitrogen and oxygen atoms in total. The van der Waals surface area contributed by atoms with E-state index in [1.165, 1.54) is 50.6 Å². The Morgan fingerprint density at radius 3 is 2.68 bits per heavy atom. The Kier molecular flexibility index (Phi) is 3.72. The first kappa shape index (κ1) is 12.9. The molecule has 0 aliphatic heterocycles. The van der Waals surface area contributed by atoms with E-state index in [1.807, 2.05) is 7.05 Å². The molecule has 2 unspecified atom stereocenters. The number of rotatable bonds is 4. The fourth-order valence-corrected chi connectivity index (χ4v) is 3.28. The predicted octanol–water partition coefficient (Wildman–Crippen LogP) is 4.08. The van der Waals surface area contributed by atoms with Crippen LogP contribution in [0, 0.1) is 5.92 Å². The van der Waals surface area contributed by atoms with Crippen molar-refractivity contribution < 1.29 is 0 Å². The molecule has 2 atom stereocenters. The Morgan fingerprint density at radius 2 is 2.00 bits per heavy atom. The summed E-state index contributed by atoms with van der Waals surface area (Å²) in [6, 6.07) is 2.14. The minimum absolute atomic E-state index is 0.587. The average molecular weight is 259 g/mol. The molecule has 0 saturated heterocycles. The Morgan fingerprint density at radius 1 is 1.16 bits per heavy atom. The summed E-state index contributed by atoms with van der Waals surface area (Å²) in [5.41, 5.74) is 1.27. The standard InChI is InChI=1S/C16H25N3/c1-3-11-5-4-6-13(9-11)16-18-14(12-7-8-12)10-15(17-2)19-16/h10-13H,3-9H2,1-2H3,(H,17,18,19). The van der Waals surface area contributed by atoms with Crippen molar-refractivity contribution in [2.45, 2.75) is 63.7 Å². The van der Waals surface area contributed by atoms with E-state index in [4.69, 9.17) is 9.97 Å². The lowest BCUT2D eigenvalue weighted by Gasteiger charge is -2.27. The van der Waals surface area contributed by atoms with Gasteiger partial charge < -0.3 is 5.32 Å². The summed E-state index contributed by atoms with van der Waals surface area (Å²) in [6.45, 7) is 2.31. The highest BCUT2D eigenvalue weighted by Gasteiger charge is 2.29. The number of nitrogens with zero attached hydrogens (tertiary/aromatic N) is 2. The van der Waals surface area contributed by atoms with Crippen LogP contribution >= 0.6 is 0 Å². The van der Waals surface area contributed by atoms with Crippen LogP contribution in [0.25, 0.3) is 0 Å². The molecule has 1 N–H and O–H groups in total. The lowest BCUT2D eigenvalue weighted by molar-refractivity contribution is 0.307. The molecule has 0 spiro atoms. The summed E-state index contributed by atoms with van der Waals surface area (Å²) in [6.07, 6.45) is 9.21. The van der Waals surface area contributed by atoms with Crippen LogP contribution in [0.2, 0.25) is 0 Å². The molecule has 104 valence electrons. The van der Waals surface area contributed by atoms with E-state index < -0.39 is 0 Å². The van der Waals surface area contributed by atoms with Gasteiger partial charge in [0.05, 0.1) is 0 Å². The summed E-state index contributed by atoms with van der Waals surface area (Å²) in [5, 5.41) is 3.20. The van der Waals surface area contributed by atoms with E-state index in [-0.39, 0.29) is 0 Å². The second-order valence-corrected chi connectivity index (χ2v) is 6.20. The predicted molar refractivity (Wildman–Crippen MR) is 78.5 cm³/mol. The van der Waals surface area contributed by atoms with Crippen LogP contribution in [0.1, 0.15) is 75.2 Å². The molecule has 1 aromatic rings. The summed E-state index contributed by atoms with van der Waals surface area (Å²) >= 11 is 0. The van der Waals surface area contributed by atoms with E-state index in [0.717, 1.165) is 17.6 Å². The Hall–Kier alpha value is -1.12. The number of aromatic nitrogens is 2. The molecular weight excluding hydrogens is 234 g/mol. The molecule has 2 aliphatic carbocycles. The molecule has 1 aromatic heterocycles. The smallest absolute Gasteiger partial charge is 0.134 e. The van der Waals surface area contributed by atoms with Gasteiger partial charge >= 0.3 is 0 Å². The molecule has 0 bridgehead atoms. The van der Waals surface area contributed by atoms with Crippen LogP contribution in [0.4, 0.5) is 5.82 Å². The summed E-state index contributed by atoms with van der Waals surface area (Å²) < 4.78 is 0. The van der Waals surface area contributed by atoms with Gasteiger partial charge in [0.1, 0.15) is 11.6 Å². The van der Waals surface area contributed by atoms with Crippen LogP contribution in [0.3, 0.4) is 0 Å². The summed E-state index contributed by atoms with van der Waals surface area (Å²) in [4.78, 5) is 9.62. The highest BCUT2D eigenvalue weighted by Crippen LogP contribution is 2.41. The minimum Gasteiger partial charge on any atom is -0.373 e. The largest absolute Gasteiger partial charge is 0.373 e. The number of nitrogens with one attached hydrogen (secondary N) is 1. The average Bonchev–Trinajstić information content (AvgIpc) is 3.31. The summed E-state index contributed by atoms with van der Waals surface area (Å²) in [5.74, 6) is 4.28. The monoisotopic (exact) mass is 259 g/mol. The zero-order valence-electron chi connectivity index (χ0n) is 12.2. The first-order valence-corrected chi connectivity index (χ1v) is 7.86. The Bertz CT molecular complexity index is 440. The molecular formula is C16H25N3. The molecule has 2 saturated carbocycles. The van der Waals surface area contributed by atoms with Crippen LogP contribution in [-0.4, -0.2) is 17.0 Å². The Balaban J connectivity index is 1.84. The van der Waals surface area contributed by atoms with Crippen molar-refractivity contribution in [3.8, 4) is 0 Å². The second kappa shape index (κ2) is 5.48. The molecule has 0 radical (unpaired) electrons. The van der Waals surface area contributed by atoms with Crippen LogP contribution in [0.5, 0.6) is 0 Å². The van der Waals surface area contributed by atoms with E-state index in [2.05, 4.69) is 18.3 Å². The van der Waals surface area contributed by atoms with Gasteiger partial charge in [0, 0.05) is 30.6 Å². The van der Waals surface area contributed by atoms with E-state index in [9.17, 15) is 0 Å². The van der Waals surface area contributed by atoms with Gasteiger partial charge in [0.15, 0.2) is 0 Å². The highest BCUT2D eigenvalue weighted by atomic mass is 15.0. The van der Waals surface area contributed by atoms with Crippen LogP contribution < -0.4 is 5.32 Å². The normalized spacial score (nSPS) is 27.3. The maximum Gasteiger partial charge on any atom is 0.134 e. The number of anilines is 1. The van der Waals surface area contributed by atoms with E-state index >= 15 is 0 Å². The minimum atomic E-state index is 0.587. The third-order valence-corrected chi connectivity index (χ3v) is 4.74. The van der Waals surface area contributed by atoms with Gasteiger partial charge in [-0.15, -0.1) is 0 Å². The van der Waals surface area contributed by atoms with Gasteiger partial charge in [-0.3, -0.25) is 0 Å². The van der Waals surface area contributed by atoms with Gasteiger partial charge in [0.25, 0.3) is 0 Å². The SMILES string of the molecule is CCC1CCCC(c2nc(NC)cc(C3CC3)n2)C1. The zero-order chi connectivity index (χ0) is 13.2. The van der Waals surface area contributed by atoms with E-state index in [0.29, 0.717) is 11.8 Å². The molecule has 3 rings (SSSR count). The Labute approximate surface area is 116 Å². The third kappa shape index (κ3) is 2.90. The quantitative estimate of drug-likeness (QED) is 0.885. The molecule has 0 amide bonds. The van der Waals surface area contributed by atoms with Crippen LogP contribution in [-0.2, 0) is 0 Å².